The van der Waals surface area contributed by atoms with Crippen molar-refractivity contribution in [2.45, 2.75) is 27.2 Å². The minimum absolute atomic E-state index is 1.02. The van der Waals surface area contributed by atoms with Crippen LogP contribution in [-0.4, -0.2) is 7.05 Å². The van der Waals surface area contributed by atoms with Crippen LogP contribution in [0, 0.1) is 0 Å². The molecule has 0 aromatic heterocycles. The number of hydrogen-bond acceptors (Lipinski definition) is 1. The average Bonchev–Trinajstić information content (AvgIpc) is 2.37. The third-order valence-corrected chi connectivity index (χ3v) is 2.94. The van der Waals surface area contributed by atoms with Gasteiger partial charge in [-0.25, -0.2) is 0 Å². The van der Waals surface area contributed by atoms with Crippen molar-refractivity contribution < 1.29 is 0 Å². The highest BCUT2D eigenvalue weighted by molar-refractivity contribution is 5.76. The fourth-order valence-electron chi connectivity index (χ4n) is 1.92. The lowest BCUT2D eigenvalue weighted by Crippen LogP contribution is -1.98. The van der Waals surface area contributed by atoms with Crippen molar-refractivity contribution in [3.63, 3.8) is 0 Å². The highest BCUT2D eigenvalue weighted by Gasteiger charge is 2.07. The van der Waals surface area contributed by atoms with E-state index < -0.39 is 0 Å². The van der Waals surface area contributed by atoms with E-state index in [4.69, 9.17) is 0 Å². The lowest BCUT2D eigenvalue weighted by Gasteiger charge is -2.13. The average molecular weight is 227 g/mol. The van der Waals surface area contributed by atoms with Crippen LogP contribution in [-0.2, 0) is 6.42 Å². The van der Waals surface area contributed by atoms with Gasteiger partial charge < -0.3 is 5.32 Å². The molecule has 1 aromatic rings. The van der Waals surface area contributed by atoms with Crippen molar-refractivity contribution in [1.29, 1.82) is 0 Å². The number of rotatable bonds is 4. The topological polar surface area (TPSA) is 12.0 Å². The zero-order valence-corrected chi connectivity index (χ0v) is 11.2. The molecule has 90 valence electrons. The van der Waals surface area contributed by atoms with E-state index in [2.05, 4.69) is 48.8 Å². The van der Waals surface area contributed by atoms with Gasteiger partial charge in [-0.1, -0.05) is 25.7 Å². The molecule has 1 N–H and O–H groups in total. The van der Waals surface area contributed by atoms with Crippen LogP contribution in [0.5, 0.6) is 0 Å². The Kier molecular flexibility index (Phi) is 4.81. The molecule has 0 saturated heterocycles. The summed E-state index contributed by atoms with van der Waals surface area (Å²) in [7, 11) is 1.96. The molecule has 1 heteroatoms. The zero-order valence-electron chi connectivity index (χ0n) is 11.2. The van der Waals surface area contributed by atoms with E-state index in [0.717, 1.165) is 12.0 Å². The van der Waals surface area contributed by atoms with Crippen molar-refractivity contribution in [3.05, 3.63) is 47.2 Å². The second-order valence-electron chi connectivity index (χ2n) is 4.00. The van der Waals surface area contributed by atoms with Crippen LogP contribution in [0.25, 0.3) is 11.6 Å². The number of allylic oxidation sites excluding steroid dienone is 2. The van der Waals surface area contributed by atoms with Crippen molar-refractivity contribution in [2.75, 3.05) is 12.4 Å². The van der Waals surface area contributed by atoms with Crippen LogP contribution < -0.4 is 5.32 Å². The van der Waals surface area contributed by atoms with Crippen molar-refractivity contribution in [3.8, 4) is 0 Å². The van der Waals surface area contributed by atoms with Gasteiger partial charge in [0.15, 0.2) is 0 Å². The Bertz CT molecular complexity index is 475. The molecule has 0 saturated carbocycles. The molecule has 0 bridgehead atoms. The molecule has 0 amide bonds. The molecule has 0 heterocycles. The first-order chi connectivity index (χ1) is 8.17. The predicted octanol–water partition coefficient (Wildman–Crippen LogP) is 4.51. The zero-order chi connectivity index (χ0) is 12.8. The quantitative estimate of drug-likeness (QED) is 0.746. The maximum Gasteiger partial charge on any atom is 0.0376 e. The molecule has 0 radical (unpaired) electrons. The van der Waals surface area contributed by atoms with Crippen LogP contribution in [0.3, 0.4) is 0 Å². The third kappa shape index (κ3) is 2.89. The molecule has 0 aliphatic rings. The maximum atomic E-state index is 3.73. The lowest BCUT2D eigenvalue weighted by atomic mass is 9.95. The van der Waals surface area contributed by atoms with Crippen LogP contribution in [0.15, 0.2) is 30.5 Å². The van der Waals surface area contributed by atoms with Crippen molar-refractivity contribution in [2.24, 2.45) is 0 Å². The second kappa shape index (κ2) is 6.12. The first-order valence-electron chi connectivity index (χ1n) is 6.02. The lowest BCUT2D eigenvalue weighted by molar-refractivity contribution is 1.13. The van der Waals surface area contributed by atoms with E-state index in [1.165, 1.54) is 22.4 Å². The number of aryl methyl sites for hydroxylation is 1. The summed E-state index contributed by atoms with van der Waals surface area (Å²) in [5, 5.41) is 3.25. The van der Waals surface area contributed by atoms with Gasteiger partial charge in [0.1, 0.15) is 0 Å². The highest BCUT2D eigenvalue weighted by Crippen LogP contribution is 2.27. The van der Waals surface area contributed by atoms with Gasteiger partial charge in [-0.3, -0.25) is 0 Å². The van der Waals surface area contributed by atoms with E-state index in [1.807, 2.05) is 20.9 Å². The molecule has 0 aliphatic carbocycles. The van der Waals surface area contributed by atoms with Gasteiger partial charge in [-0.05, 0) is 54.7 Å². The normalized spacial score (nSPS) is 10.4. The number of benzene rings is 1. The Balaban J connectivity index is 3.50. The molecule has 0 atom stereocenters. The minimum atomic E-state index is 1.02. The van der Waals surface area contributed by atoms with Gasteiger partial charge >= 0.3 is 0 Å². The molecular formula is C16H21N. The summed E-state index contributed by atoms with van der Waals surface area (Å²) in [5.41, 5.74) is 9.02. The minimum Gasteiger partial charge on any atom is -0.388 e. The standard InChI is InChI=1S/C16H21N/c1-6-9-14-11-16(17-5)13(8-3)10-15(14)12(4)7-2/h6,9-11,17H,2,8H2,1,3-5H3/b9-6-. The molecule has 17 heavy (non-hydrogen) atoms. The van der Waals surface area contributed by atoms with Gasteiger partial charge in [0.25, 0.3) is 0 Å². The van der Waals surface area contributed by atoms with Crippen molar-refractivity contribution >= 4 is 17.3 Å². The first-order valence-corrected chi connectivity index (χ1v) is 6.02. The summed E-state index contributed by atoms with van der Waals surface area (Å²) in [6.07, 6.45) is 5.19. The molecular weight excluding hydrogens is 206 g/mol. The molecule has 0 fully saturated rings. The van der Waals surface area contributed by atoms with E-state index >= 15 is 0 Å². The van der Waals surface area contributed by atoms with Gasteiger partial charge in [-0.15, -0.1) is 5.73 Å². The van der Waals surface area contributed by atoms with Crippen LogP contribution in [0.2, 0.25) is 0 Å². The number of nitrogens with one attached hydrogen (secondary N) is 1. The summed E-state index contributed by atoms with van der Waals surface area (Å²) in [5.74, 6) is 0. The van der Waals surface area contributed by atoms with E-state index in [-0.39, 0.29) is 0 Å². The fraction of sp³-hybridized carbons (Fsp3) is 0.312. The van der Waals surface area contributed by atoms with E-state index in [0.29, 0.717) is 0 Å². The van der Waals surface area contributed by atoms with Gasteiger partial charge in [0.05, 0.1) is 0 Å². The Hall–Kier alpha value is -1.72. The van der Waals surface area contributed by atoms with E-state index in [9.17, 15) is 0 Å². The van der Waals surface area contributed by atoms with Gasteiger partial charge in [0.2, 0.25) is 0 Å². The fourth-order valence-corrected chi connectivity index (χ4v) is 1.92. The Morgan fingerprint density at radius 3 is 2.65 bits per heavy atom. The molecule has 1 nitrogen and oxygen atoms in total. The summed E-state index contributed by atoms with van der Waals surface area (Å²) >= 11 is 0. The maximum absolute atomic E-state index is 3.73. The molecule has 0 spiro atoms. The monoisotopic (exact) mass is 227 g/mol. The molecule has 1 aromatic carbocycles. The summed E-state index contributed by atoms with van der Waals surface area (Å²) in [4.78, 5) is 0. The SMILES string of the molecule is C=C=C(C)c1cc(CC)c(NC)cc1/C=C\C. The summed E-state index contributed by atoms with van der Waals surface area (Å²) in [6.45, 7) is 9.98. The Morgan fingerprint density at radius 1 is 1.47 bits per heavy atom. The highest BCUT2D eigenvalue weighted by atomic mass is 14.8. The van der Waals surface area contributed by atoms with E-state index in [1.54, 1.807) is 0 Å². The number of anilines is 1. The largest absolute Gasteiger partial charge is 0.388 e. The Morgan fingerprint density at radius 2 is 2.18 bits per heavy atom. The number of hydrogen-bond donors (Lipinski definition) is 1. The smallest absolute Gasteiger partial charge is 0.0376 e. The first kappa shape index (κ1) is 13.3. The van der Waals surface area contributed by atoms with Crippen molar-refractivity contribution in [1.82, 2.24) is 0 Å². The summed E-state index contributed by atoms with van der Waals surface area (Å²) in [6, 6.07) is 4.42. The van der Waals surface area contributed by atoms with Crippen LogP contribution in [0.1, 0.15) is 37.5 Å². The molecule has 0 unspecified atom stereocenters. The second-order valence-corrected chi connectivity index (χ2v) is 4.00. The summed E-state index contributed by atoms with van der Waals surface area (Å²) < 4.78 is 0. The van der Waals surface area contributed by atoms with Crippen LogP contribution >= 0.6 is 0 Å². The third-order valence-electron chi connectivity index (χ3n) is 2.94. The Labute approximate surface area is 105 Å². The molecule has 0 aliphatic heterocycles. The van der Waals surface area contributed by atoms with Crippen LogP contribution in [0.4, 0.5) is 5.69 Å². The molecule has 1 rings (SSSR count). The van der Waals surface area contributed by atoms with Gasteiger partial charge in [-0.2, -0.15) is 0 Å². The predicted molar refractivity (Wildman–Crippen MR) is 78.3 cm³/mol. The van der Waals surface area contributed by atoms with Gasteiger partial charge in [0, 0.05) is 12.7 Å².